The number of phenolic OH excluding ortho intramolecular Hbond substituents is 1. The van der Waals surface area contributed by atoms with Crippen molar-refractivity contribution >= 4 is 17.5 Å². The van der Waals surface area contributed by atoms with E-state index in [-0.39, 0.29) is 30.5 Å². The zero-order valence-electron chi connectivity index (χ0n) is 16.7. The summed E-state index contributed by atoms with van der Waals surface area (Å²) in [6, 6.07) is 2.67. The number of phenols is 1. The number of carbonyl (C=O) groups excluding carboxylic acids is 2. The minimum Gasteiger partial charge on any atom is -0.506 e. The predicted molar refractivity (Wildman–Crippen MR) is 100 cm³/mol. The number of hydrogen-bond donors (Lipinski definition) is 2. The van der Waals surface area contributed by atoms with E-state index in [4.69, 9.17) is 0 Å². The lowest BCUT2D eigenvalue weighted by molar-refractivity contribution is -0.195. The number of amides is 2. The van der Waals surface area contributed by atoms with Gasteiger partial charge in [-0.3, -0.25) is 9.59 Å². The lowest BCUT2D eigenvalue weighted by atomic mass is 9.51. The Morgan fingerprint density at radius 3 is 2.45 bits per heavy atom. The van der Waals surface area contributed by atoms with Crippen LogP contribution < -0.4 is 5.32 Å². The molecule has 1 aromatic carbocycles. The lowest BCUT2D eigenvalue weighted by Gasteiger charge is -2.60. The molecule has 8 heteroatoms. The van der Waals surface area contributed by atoms with Crippen LogP contribution in [-0.4, -0.2) is 40.6 Å². The molecule has 1 aliphatic heterocycles. The zero-order chi connectivity index (χ0) is 21.4. The van der Waals surface area contributed by atoms with Gasteiger partial charge < -0.3 is 15.3 Å². The first-order valence-electron chi connectivity index (χ1n) is 9.91. The molecule has 4 rings (SSSR count). The Kier molecular flexibility index (Phi) is 4.23. The zero-order valence-corrected chi connectivity index (χ0v) is 16.7. The van der Waals surface area contributed by atoms with Gasteiger partial charge in [0.2, 0.25) is 5.91 Å². The largest absolute Gasteiger partial charge is 0.506 e. The number of halogens is 3. The number of piperidine rings is 1. The molecular formula is C21H25F3N2O3. The van der Waals surface area contributed by atoms with Gasteiger partial charge in [0.1, 0.15) is 5.75 Å². The van der Waals surface area contributed by atoms with Crippen molar-refractivity contribution in [3.8, 4) is 5.75 Å². The van der Waals surface area contributed by atoms with Crippen molar-refractivity contribution in [1.82, 2.24) is 4.90 Å². The maximum atomic E-state index is 13.1. The molecule has 2 bridgehead atoms. The first kappa shape index (κ1) is 20.0. The number of carbonyl (C=O) groups is 2. The quantitative estimate of drug-likeness (QED) is 0.730. The van der Waals surface area contributed by atoms with Crippen LogP contribution in [0.4, 0.5) is 18.9 Å². The van der Waals surface area contributed by atoms with Crippen LogP contribution in [0.3, 0.4) is 0 Å². The molecule has 2 fully saturated rings. The predicted octanol–water partition coefficient (Wildman–Crippen LogP) is 3.74. The van der Waals surface area contributed by atoms with Crippen LogP contribution in [-0.2, 0) is 21.4 Å². The number of benzene rings is 1. The van der Waals surface area contributed by atoms with E-state index in [0.29, 0.717) is 12.1 Å². The molecule has 5 nitrogen and oxygen atoms in total. The number of hydrogen-bond acceptors (Lipinski definition) is 3. The smallest absolute Gasteiger partial charge is 0.471 e. The van der Waals surface area contributed by atoms with Crippen LogP contribution in [0.5, 0.6) is 5.75 Å². The van der Waals surface area contributed by atoms with Crippen molar-refractivity contribution in [3.63, 3.8) is 0 Å². The Morgan fingerprint density at radius 2 is 1.86 bits per heavy atom. The Labute approximate surface area is 167 Å². The van der Waals surface area contributed by atoms with Crippen LogP contribution in [0, 0.1) is 11.3 Å². The molecule has 0 unspecified atom stereocenters. The summed E-state index contributed by atoms with van der Waals surface area (Å²) in [6.45, 7) is 5.81. The molecule has 29 heavy (non-hydrogen) atoms. The van der Waals surface area contributed by atoms with Crippen LogP contribution in [0.1, 0.15) is 51.2 Å². The third-order valence-electron chi connectivity index (χ3n) is 7.42. The highest BCUT2D eigenvalue weighted by atomic mass is 19.4. The molecule has 1 heterocycles. The van der Waals surface area contributed by atoms with Crippen molar-refractivity contribution in [1.29, 1.82) is 0 Å². The van der Waals surface area contributed by atoms with Crippen molar-refractivity contribution in [2.24, 2.45) is 11.3 Å². The fraction of sp³-hybridized carbons (Fsp3) is 0.619. The van der Waals surface area contributed by atoms with E-state index in [0.717, 1.165) is 28.9 Å². The summed E-state index contributed by atoms with van der Waals surface area (Å²) in [6.07, 6.45) is -2.64. The topological polar surface area (TPSA) is 69.6 Å². The third kappa shape index (κ3) is 2.99. The summed E-state index contributed by atoms with van der Waals surface area (Å²) in [7, 11) is 0. The maximum Gasteiger partial charge on any atom is 0.471 e. The van der Waals surface area contributed by atoms with Gasteiger partial charge in [-0.2, -0.15) is 13.2 Å². The van der Waals surface area contributed by atoms with Gasteiger partial charge in [-0.05, 0) is 54.4 Å². The molecule has 1 aromatic rings. The van der Waals surface area contributed by atoms with E-state index in [1.165, 1.54) is 6.07 Å². The molecule has 1 saturated heterocycles. The van der Waals surface area contributed by atoms with Gasteiger partial charge >= 0.3 is 12.1 Å². The monoisotopic (exact) mass is 410 g/mol. The van der Waals surface area contributed by atoms with Crippen molar-refractivity contribution < 1.29 is 27.9 Å². The maximum absolute atomic E-state index is 13.1. The fourth-order valence-corrected chi connectivity index (χ4v) is 5.04. The van der Waals surface area contributed by atoms with Crippen molar-refractivity contribution in [2.45, 2.75) is 64.1 Å². The summed E-state index contributed by atoms with van der Waals surface area (Å²) in [5, 5.41) is 13.2. The van der Waals surface area contributed by atoms with Crippen LogP contribution in [0.15, 0.2) is 12.1 Å². The van der Waals surface area contributed by atoms with Crippen molar-refractivity contribution in [2.75, 3.05) is 11.9 Å². The van der Waals surface area contributed by atoms with Crippen LogP contribution in [0.2, 0.25) is 0 Å². The molecule has 0 spiro atoms. The van der Waals surface area contributed by atoms with Gasteiger partial charge in [-0.15, -0.1) is 0 Å². The number of aromatic hydroxyl groups is 1. The van der Waals surface area contributed by atoms with E-state index in [2.05, 4.69) is 5.32 Å². The number of likely N-dealkylation sites (tertiary alicyclic amines) is 1. The molecule has 2 atom stereocenters. The molecule has 2 amide bonds. The van der Waals surface area contributed by atoms with Gasteiger partial charge in [0.05, 0.1) is 5.69 Å². The van der Waals surface area contributed by atoms with Gasteiger partial charge in [0, 0.05) is 23.9 Å². The number of nitrogens with one attached hydrogen (secondary N) is 1. The first-order valence-corrected chi connectivity index (χ1v) is 9.91. The minimum atomic E-state index is -4.91. The van der Waals surface area contributed by atoms with E-state index < -0.39 is 29.0 Å². The van der Waals surface area contributed by atoms with Gasteiger partial charge in [0.15, 0.2) is 0 Å². The lowest BCUT2D eigenvalue weighted by Crippen LogP contribution is -2.66. The number of anilines is 1. The fourth-order valence-electron chi connectivity index (χ4n) is 5.04. The minimum absolute atomic E-state index is 0.0153. The molecule has 1 saturated carbocycles. The van der Waals surface area contributed by atoms with Crippen molar-refractivity contribution in [3.05, 3.63) is 23.3 Å². The summed E-state index contributed by atoms with van der Waals surface area (Å²) in [5.74, 6) is -2.05. The van der Waals surface area contributed by atoms with E-state index in [9.17, 15) is 27.9 Å². The Balaban J connectivity index is 1.74. The SMILES string of the molecule is CC1(C)[C@H]2Cc3cc(O)c(NC(=O)C4CC4)cc3[C@]1(C)CCN2C(=O)C(F)(F)F. The number of fused-ring (bicyclic) bond motifs is 4. The van der Waals surface area contributed by atoms with Gasteiger partial charge in [0.25, 0.3) is 0 Å². The number of alkyl halides is 3. The van der Waals surface area contributed by atoms with Gasteiger partial charge in [-0.1, -0.05) is 20.8 Å². The summed E-state index contributed by atoms with van der Waals surface area (Å²) < 4.78 is 39.4. The molecular weight excluding hydrogens is 385 g/mol. The molecule has 158 valence electrons. The average molecular weight is 410 g/mol. The second kappa shape index (κ2) is 6.12. The standard InChI is InChI=1S/C21H25F3N2O3/c1-19(2)16-9-12-8-15(27)14(25-17(28)11-4-5-11)10-13(12)20(19,3)6-7-26(16)18(29)21(22,23)24/h8,10-11,16,27H,4-7,9H2,1-3H3,(H,25,28)/t16-,20+/m1/s1. The highest BCUT2D eigenvalue weighted by molar-refractivity contribution is 5.95. The first-order chi connectivity index (χ1) is 13.4. The summed E-state index contributed by atoms with van der Waals surface area (Å²) in [4.78, 5) is 25.1. The number of nitrogens with zero attached hydrogens (tertiary/aromatic N) is 1. The molecule has 2 N–H and O–H groups in total. The summed E-state index contributed by atoms with van der Waals surface area (Å²) in [5.41, 5.74) is 0.860. The Bertz CT molecular complexity index is 892. The second-order valence-corrected chi connectivity index (χ2v) is 9.31. The number of rotatable bonds is 2. The molecule has 2 aliphatic carbocycles. The van der Waals surface area contributed by atoms with Crippen LogP contribution >= 0.6 is 0 Å². The van der Waals surface area contributed by atoms with Crippen LogP contribution in [0.25, 0.3) is 0 Å². The Morgan fingerprint density at radius 1 is 1.21 bits per heavy atom. The molecule has 0 aromatic heterocycles. The highest BCUT2D eigenvalue weighted by Gasteiger charge is 2.59. The molecule has 0 radical (unpaired) electrons. The van der Waals surface area contributed by atoms with Gasteiger partial charge in [-0.25, -0.2) is 0 Å². The average Bonchev–Trinajstić information content (AvgIpc) is 3.44. The van der Waals surface area contributed by atoms with E-state index >= 15 is 0 Å². The van der Waals surface area contributed by atoms with E-state index in [1.807, 2.05) is 20.8 Å². The normalized spacial score (nSPS) is 27.9. The summed E-state index contributed by atoms with van der Waals surface area (Å²) >= 11 is 0. The third-order valence-corrected chi connectivity index (χ3v) is 7.42. The highest BCUT2D eigenvalue weighted by Crippen LogP contribution is 2.57. The Hall–Kier alpha value is -2.25. The second-order valence-electron chi connectivity index (χ2n) is 9.31. The molecule has 3 aliphatic rings. The van der Waals surface area contributed by atoms with E-state index in [1.54, 1.807) is 6.07 Å².